The normalized spacial score (nSPS) is 10.8. The molecule has 116 valence electrons. The van der Waals surface area contributed by atoms with Crippen LogP contribution in [0.4, 0.5) is 5.69 Å². The molecule has 0 unspecified atom stereocenters. The Kier molecular flexibility index (Phi) is 5.80. The number of aromatic nitrogens is 2. The number of carbonyl (C=O) groups excluding carboxylic acids is 1. The van der Waals surface area contributed by atoms with E-state index >= 15 is 0 Å². The largest absolute Gasteiger partial charge is 0.321 e. The predicted octanol–water partition coefficient (Wildman–Crippen LogP) is 4.45. The molecule has 0 atom stereocenters. The first-order chi connectivity index (χ1) is 10.5. The molecule has 0 aliphatic heterocycles. The second-order valence-electron chi connectivity index (χ2n) is 5.02. The molecule has 2 rings (SSSR count). The minimum absolute atomic E-state index is 0.194. The second-order valence-corrected chi connectivity index (χ2v) is 6.97. The first-order valence-corrected chi connectivity index (χ1v) is 8.34. The van der Waals surface area contributed by atoms with Crippen LogP contribution in [0.5, 0.6) is 0 Å². The van der Waals surface area contributed by atoms with E-state index in [9.17, 15) is 4.79 Å². The number of amides is 1. The summed E-state index contributed by atoms with van der Waals surface area (Å²) in [6.07, 6.45) is 2.43. The number of anilines is 1. The average Bonchev–Trinajstić information content (AvgIpc) is 2.49. The lowest BCUT2D eigenvalue weighted by Crippen LogP contribution is -2.15. The molecule has 1 amide bonds. The lowest BCUT2D eigenvalue weighted by molar-refractivity contribution is 0.102. The summed E-state index contributed by atoms with van der Waals surface area (Å²) in [5.41, 5.74) is 2.13. The summed E-state index contributed by atoms with van der Waals surface area (Å²) >= 11 is 7.54. The van der Waals surface area contributed by atoms with Crippen LogP contribution in [0.25, 0.3) is 0 Å². The van der Waals surface area contributed by atoms with Crippen molar-refractivity contribution >= 4 is 35.0 Å². The van der Waals surface area contributed by atoms with E-state index < -0.39 is 0 Å². The maximum atomic E-state index is 12.3. The molecule has 1 N–H and O–H groups in total. The number of carbonyl (C=O) groups is 1. The van der Waals surface area contributed by atoms with Crippen LogP contribution in [-0.2, 0) is 6.42 Å². The molecular weight excluding hydrogens is 318 g/mol. The monoisotopic (exact) mass is 335 g/mol. The number of halogens is 1. The molecule has 0 aliphatic rings. The zero-order valence-corrected chi connectivity index (χ0v) is 14.3. The first kappa shape index (κ1) is 16.8. The molecule has 0 spiro atoms. The standard InChI is InChI=1S/C16H18ClN3OS/c1-4-11-5-7-12(8-6-11)19-15(21)14-13(17)9-18-16(20-14)22-10(2)3/h5-10H,4H2,1-3H3,(H,19,21). The van der Waals surface area contributed by atoms with Gasteiger partial charge in [0.1, 0.15) is 0 Å². The molecule has 0 saturated heterocycles. The van der Waals surface area contributed by atoms with Crippen molar-refractivity contribution in [2.24, 2.45) is 0 Å². The Balaban J connectivity index is 2.17. The third kappa shape index (κ3) is 4.45. The lowest BCUT2D eigenvalue weighted by Gasteiger charge is -2.08. The Bertz CT molecular complexity index is 659. The number of nitrogens with zero attached hydrogens (tertiary/aromatic N) is 2. The highest BCUT2D eigenvalue weighted by Gasteiger charge is 2.15. The number of hydrogen-bond donors (Lipinski definition) is 1. The average molecular weight is 336 g/mol. The van der Waals surface area contributed by atoms with E-state index in [-0.39, 0.29) is 16.6 Å². The molecule has 0 saturated carbocycles. The van der Waals surface area contributed by atoms with Crippen LogP contribution in [0.15, 0.2) is 35.6 Å². The van der Waals surface area contributed by atoms with Gasteiger partial charge in [0.2, 0.25) is 0 Å². The summed E-state index contributed by atoms with van der Waals surface area (Å²) in [5, 5.41) is 3.93. The Morgan fingerprint density at radius 3 is 2.59 bits per heavy atom. The fraction of sp³-hybridized carbons (Fsp3) is 0.312. The molecular formula is C16H18ClN3OS. The van der Waals surface area contributed by atoms with Gasteiger partial charge in [-0.15, -0.1) is 0 Å². The molecule has 0 radical (unpaired) electrons. The van der Waals surface area contributed by atoms with Crippen LogP contribution in [0.2, 0.25) is 5.02 Å². The van der Waals surface area contributed by atoms with Gasteiger partial charge in [-0.2, -0.15) is 0 Å². The molecule has 1 aromatic carbocycles. The van der Waals surface area contributed by atoms with Crippen molar-refractivity contribution in [1.82, 2.24) is 9.97 Å². The minimum Gasteiger partial charge on any atom is -0.321 e. The van der Waals surface area contributed by atoms with Crippen LogP contribution in [0.3, 0.4) is 0 Å². The number of rotatable bonds is 5. The molecule has 6 heteroatoms. The first-order valence-electron chi connectivity index (χ1n) is 7.09. The Morgan fingerprint density at radius 1 is 1.32 bits per heavy atom. The van der Waals surface area contributed by atoms with Gasteiger partial charge in [-0.1, -0.05) is 56.3 Å². The van der Waals surface area contributed by atoms with Crippen molar-refractivity contribution in [1.29, 1.82) is 0 Å². The third-order valence-electron chi connectivity index (χ3n) is 2.90. The van der Waals surface area contributed by atoms with Gasteiger partial charge in [-0.3, -0.25) is 4.79 Å². The summed E-state index contributed by atoms with van der Waals surface area (Å²) in [6.45, 7) is 6.16. The highest BCUT2D eigenvalue weighted by Crippen LogP contribution is 2.22. The maximum Gasteiger partial charge on any atom is 0.275 e. The van der Waals surface area contributed by atoms with E-state index in [1.807, 2.05) is 38.1 Å². The molecule has 22 heavy (non-hydrogen) atoms. The van der Waals surface area contributed by atoms with Crippen LogP contribution >= 0.6 is 23.4 Å². The lowest BCUT2D eigenvalue weighted by atomic mass is 10.1. The second kappa shape index (κ2) is 7.61. The van der Waals surface area contributed by atoms with Gasteiger partial charge >= 0.3 is 0 Å². The zero-order chi connectivity index (χ0) is 16.1. The van der Waals surface area contributed by atoms with Crippen molar-refractivity contribution in [2.75, 3.05) is 5.32 Å². The number of hydrogen-bond acceptors (Lipinski definition) is 4. The Labute approximate surface area is 139 Å². The van der Waals surface area contributed by atoms with E-state index in [0.717, 1.165) is 12.1 Å². The molecule has 0 bridgehead atoms. The van der Waals surface area contributed by atoms with Crippen LogP contribution < -0.4 is 5.32 Å². The molecule has 0 fully saturated rings. The van der Waals surface area contributed by atoms with Gasteiger partial charge in [-0.25, -0.2) is 9.97 Å². The minimum atomic E-state index is -0.331. The van der Waals surface area contributed by atoms with Gasteiger partial charge in [0.25, 0.3) is 5.91 Å². The number of nitrogens with one attached hydrogen (secondary N) is 1. The van der Waals surface area contributed by atoms with Crippen molar-refractivity contribution in [2.45, 2.75) is 37.6 Å². The van der Waals surface area contributed by atoms with Gasteiger partial charge in [0.05, 0.1) is 11.2 Å². The zero-order valence-electron chi connectivity index (χ0n) is 12.8. The fourth-order valence-corrected chi connectivity index (χ4v) is 2.65. The van der Waals surface area contributed by atoms with Crippen LogP contribution in [0, 0.1) is 0 Å². The van der Waals surface area contributed by atoms with E-state index in [2.05, 4.69) is 22.2 Å². The van der Waals surface area contributed by atoms with Crippen LogP contribution in [0.1, 0.15) is 36.8 Å². The molecule has 1 aromatic heterocycles. The molecule has 0 aliphatic carbocycles. The SMILES string of the molecule is CCc1ccc(NC(=O)c2nc(SC(C)C)ncc2Cl)cc1. The summed E-state index contributed by atoms with van der Waals surface area (Å²) < 4.78 is 0. The molecule has 2 aromatic rings. The summed E-state index contributed by atoms with van der Waals surface area (Å²) in [7, 11) is 0. The van der Waals surface area contributed by atoms with Crippen molar-refractivity contribution in [3.63, 3.8) is 0 Å². The van der Waals surface area contributed by atoms with Crippen LogP contribution in [-0.4, -0.2) is 21.1 Å². The van der Waals surface area contributed by atoms with Gasteiger partial charge < -0.3 is 5.32 Å². The number of aryl methyl sites for hydroxylation is 1. The summed E-state index contributed by atoms with van der Waals surface area (Å²) in [4.78, 5) is 20.7. The quantitative estimate of drug-likeness (QED) is 0.648. The molecule has 1 heterocycles. The predicted molar refractivity (Wildman–Crippen MR) is 91.8 cm³/mol. The fourth-order valence-electron chi connectivity index (χ4n) is 1.79. The van der Waals surface area contributed by atoms with E-state index in [4.69, 9.17) is 11.6 Å². The van der Waals surface area contributed by atoms with E-state index in [0.29, 0.717) is 10.4 Å². The third-order valence-corrected chi connectivity index (χ3v) is 4.05. The van der Waals surface area contributed by atoms with Gasteiger partial charge in [0, 0.05) is 10.9 Å². The summed E-state index contributed by atoms with van der Waals surface area (Å²) in [5.74, 6) is -0.331. The van der Waals surface area contributed by atoms with Crippen molar-refractivity contribution < 1.29 is 4.79 Å². The highest BCUT2D eigenvalue weighted by molar-refractivity contribution is 7.99. The van der Waals surface area contributed by atoms with E-state index in [1.54, 1.807) is 0 Å². The van der Waals surface area contributed by atoms with Gasteiger partial charge in [-0.05, 0) is 24.1 Å². The Hall–Kier alpha value is -1.59. The van der Waals surface area contributed by atoms with Crippen molar-refractivity contribution in [3.05, 3.63) is 46.7 Å². The topological polar surface area (TPSA) is 54.9 Å². The maximum absolute atomic E-state index is 12.3. The highest BCUT2D eigenvalue weighted by atomic mass is 35.5. The number of benzene rings is 1. The van der Waals surface area contributed by atoms with Crippen molar-refractivity contribution in [3.8, 4) is 0 Å². The molecule has 4 nitrogen and oxygen atoms in total. The Morgan fingerprint density at radius 2 is 2.00 bits per heavy atom. The number of thioether (sulfide) groups is 1. The smallest absolute Gasteiger partial charge is 0.275 e. The van der Waals surface area contributed by atoms with E-state index in [1.165, 1.54) is 23.5 Å². The van der Waals surface area contributed by atoms with Gasteiger partial charge in [0.15, 0.2) is 10.9 Å². The summed E-state index contributed by atoms with van der Waals surface area (Å²) in [6, 6.07) is 7.71.